The maximum atomic E-state index is 14.5. The number of methoxy groups -OCH3 is 2. The number of ether oxygens (including phenoxy) is 3. The first-order valence-electron chi connectivity index (χ1n) is 19.2. The van der Waals surface area contributed by atoms with Gasteiger partial charge in [-0.2, -0.15) is 8.91 Å². The SMILES string of the molecule is COc1ccc(C2=C([O-])/C(=C/C3=[N+](CCCCCC(=O)NC(CSOO[O-])C(=O)NCCOc4cc([N+](=O)[O-])c(C(C)O)cc4OC)c4ccc(F)cc4C3(C)C)C2=O)cc1. The third kappa shape index (κ3) is 10.7. The Bertz CT molecular complexity index is 2240. The maximum Gasteiger partial charge on any atom is 0.279 e. The summed E-state index contributed by atoms with van der Waals surface area (Å²) >= 11 is 0.506. The number of Topliss-reactive ketones (excluding diaryl/α,β-unsaturated/α-hetero) is 1. The first-order chi connectivity index (χ1) is 29.1. The minimum Gasteiger partial charge on any atom is -0.871 e. The van der Waals surface area contributed by atoms with E-state index in [9.17, 15) is 44.4 Å². The summed E-state index contributed by atoms with van der Waals surface area (Å²) < 4.78 is 36.8. The highest BCUT2D eigenvalue weighted by molar-refractivity contribution is 7.94. The Morgan fingerprint density at radius 2 is 1.79 bits per heavy atom. The van der Waals surface area contributed by atoms with Crippen LogP contribution in [0.3, 0.4) is 0 Å². The van der Waals surface area contributed by atoms with Gasteiger partial charge in [-0.05, 0) is 69.5 Å². The number of nitro benzene ring substituents is 1. The summed E-state index contributed by atoms with van der Waals surface area (Å²) in [6, 6.07) is 12.4. The number of nitrogens with one attached hydrogen (secondary N) is 2. The Balaban J connectivity index is 1.19. The zero-order chi connectivity index (χ0) is 44.4. The molecule has 61 heavy (non-hydrogen) atoms. The van der Waals surface area contributed by atoms with Crippen molar-refractivity contribution in [2.45, 2.75) is 64.0 Å². The molecule has 3 aromatic rings. The predicted octanol–water partition coefficient (Wildman–Crippen LogP) is 3.57. The number of hydrogen-bond donors (Lipinski definition) is 3. The molecule has 326 valence electrons. The lowest BCUT2D eigenvalue weighted by Crippen LogP contribution is -2.49. The van der Waals surface area contributed by atoms with Gasteiger partial charge in [-0.3, -0.25) is 29.5 Å². The Labute approximate surface area is 355 Å². The van der Waals surface area contributed by atoms with E-state index in [4.69, 9.17) is 14.2 Å². The lowest BCUT2D eigenvalue weighted by Gasteiger charge is -2.31. The van der Waals surface area contributed by atoms with E-state index in [-0.39, 0.29) is 70.8 Å². The Kier molecular flexibility index (Phi) is 15.6. The number of nitro groups is 1. The molecule has 2 atom stereocenters. The summed E-state index contributed by atoms with van der Waals surface area (Å²) in [4.78, 5) is 50.3. The van der Waals surface area contributed by atoms with Gasteiger partial charge >= 0.3 is 0 Å². The van der Waals surface area contributed by atoms with Crippen molar-refractivity contribution in [1.82, 2.24) is 10.6 Å². The number of carbonyl (C=O) groups is 3. The zero-order valence-corrected chi connectivity index (χ0v) is 34.9. The topological polar surface area (TPSA) is 234 Å². The second-order valence-electron chi connectivity index (χ2n) is 14.6. The van der Waals surface area contributed by atoms with Crippen LogP contribution in [0.4, 0.5) is 15.8 Å². The van der Waals surface area contributed by atoms with E-state index in [0.29, 0.717) is 60.4 Å². The van der Waals surface area contributed by atoms with Crippen LogP contribution in [0.2, 0.25) is 0 Å². The molecular weight excluding hydrogens is 820 g/mol. The molecule has 2 aliphatic rings. The highest BCUT2D eigenvalue weighted by Gasteiger charge is 2.46. The summed E-state index contributed by atoms with van der Waals surface area (Å²) in [6.07, 6.45) is 2.05. The van der Waals surface area contributed by atoms with E-state index in [0.717, 1.165) is 11.8 Å². The van der Waals surface area contributed by atoms with Gasteiger partial charge in [0.25, 0.3) is 5.69 Å². The summed E-state index contributed by atoms with van der Waals surface area (Å²) in [5.41, 5.74) is 1.62. The Morgan fingerprint density at radius 1 is 1.05 bits per heavy atom. The first kappa shape index (κ1) is 46.2. The molecule has 0 aromatic heterocycles. The molecule has 5 rings (SSSR count). The summed E-state index contributed by atoms with van der Waals surface area (Å²) in [5.74, 6) is -1.74. The fourth-order valence-electron chi connectivity index (χ4n) is 7.13. The average Bonchev–Trinajstić information content (AvgIpc) is 3.44. The van der Waals surface area contributed by atoms with Crippen LogP contribution in [-0.2, 0) is 29.2 Å². The van der Waals surface area contributed by atoms with E-state index in [2.05, 4.69) is 20.0 Å². The van der Waals surface area contributed by atoms with Crippen LogP contribution in [0, 0.1) is 15.9 Å². The van der Waals surface area contributed by atoms with Crippen LogP contribution >= 0.6 is 12.0 Å². The average molecular weight is 866 g/mol. The van der Waals surface area contributed by atoms with E-state index in [1.165, 1.54) is 39.3 Å². The van der Waals surface area contributed by atoms with Gasteiger partial charge in [0.05, 0.1) is 54.6 Å². The second-order valence-corrected chi connectivity index (χ2v) is 15.3. The van der Waals surface area contributed by atoms with Crippen molar-refractivity contribution in [1.29, 1.82) is 0 Å². The first-order valence-corrected chi connectivity index (χ1v) is 20.1. The van der Waals surface area contributed by atoms with Crippen molar-refractivity contribution >= 4 is 52.3 Å². The molecule has 0 saturated heterocycles. The van der Waals surface area contributed by atoms with Crippen molar-refractivity contribution in [2.24, 2.45) is 0 Å². The van der Waals surface area contributed by atoms with Gasteiger partial charge < -0.3 is 40.3 Å². The number of halogens is 1. The van der Waals surface area contributed by atoms with Gasteiger partial charge in [0.2, 0.25) is 17.5 Å². The molecule has 0 spiro atoms. The molecule has 17 nitrogen and oxygen atoms in total. The van der Waals surface area contributed by atoms with E-state index >= 15 is 0 Å². The van der Waals surface area contributed by atoms with Crippen LogP contribution in [0.15, 0.2) is 72.0 Å². The van der Waals surface area contributed by atoms with Gasteiger partial charge in [0, 0.05) is 53.7 Å². The molecule has 3 N–H and O–H groups in total. The van der Waals surface area contributed by atoms with Crippen molar-refractivity contribution in [3.8, 4) is 17.2 Å². The fraction of sp³-hybridized carbons (Fsp3) is 0.381. The summed E-state index contributed by atoms with van der Waals surface area (Å²) in [7, 11) is 2.85. The molecular formula is C42H46FN4O13S-. The van der Waals surface area contributed by atoms with Gasteiger partial charge in [0.15, 0.2) is 23.0 Å². The Hall–Kier alpha value is -5.86. The highest BCUT2D eigenvalue weighted by atomic mass is 32.2. The molecule has 0 radical (unpaired) electrons. The molecule has 0 bridgehead atoms. The zero-order valence-electron chi connectivity index (χ0n) is 34.1. The molecule has 1 aliphatic heterocycles. The third-order valence-electron chi connectivity index (χ3n) is 10.3. The predicted molar refractivity (Wildman–Crippen MR) is 216 cm³/mol. The monoisotopic (exact) mass is 865 g/mol. The number of nitrogens with zero attached hydrogens (tertiary/aromatic N) is 2. The van der Waals surface area contributed by atoms with Gasteiger partial charge in [0.1, 0.15) is 30.8 Å². The number of carbonyl (C=O) groups excluding carboxylic acids is 3. The largest absolute Gasteiger partial charge is 0.871 e. The number of hydrogen-bond acceptors (Lipinski definition) is 14. The van der Waals surface area contributed by atoms with Crippen LogP contribution < -0.4 is 35.2 Å². The number of aliphatic hydroxyl groups is 1. The molecule has 3 aromatic carbocycles. The number of unbranched alkanes of at least 4 members (excludes halogenated alkanes) is 2. The minimum atomic E-state index is -1.15. The number of ketones is 1. The Morgan fingerprint density at radius 3 is 2.43 bits per heavy atom. The number of benzene rings is 3. The van der Waals surface area contributed by atoms with Gasteiger partial charge in [-0.1, -0.05) is 17.9 Å². The quantitative estimate of drug-likeness (QED) is 0.0249. The molecule has 2 amide bonds. The maximum absolute atomic E-state index is 14.5. The smallest absolute Gasteiger partial charge is 0.279 e. The van der Waals surface area contributed by atoms with Gasteiger partial charge in [-0.25, -0.2) is 4.39 Å². The summed E-state index contributed by atoms with van der Waals surface area (Å²) in [5, 5.41) is 53.8. The molecule has 0 saturated carbocycles. The molecule has 0 fully saturated rings. The number of fused-ring (bicyclic) bond motifs is 1. The number of amides is 2. The number of rotatable bonds is 22. The highest BCUT2D eigenvalue weighted by Crippen LogP contribution is 2.43. The van der Waals surface area contributed by atoms with Crippen LogP contribution in [0.1, 0.15) is 69.2 Å². The van der Waals surface area contributed by atoms with Crippen LogP contribution in [0.25, 0.3) is 5.57 Å². The van der Waals surface area contributed by atoms with E-state index in [1.54, 1.807) is 36.4 Å². The number of allylic oxidation sites excluding steroid dienone is 3. The second kappa shape index (κ2) is 20.6. The lowest BCUT2D eigenvalue weighted by atomic mass is 9.77. The van der Waals surface area contributed by atoms with Crippen molar-refractivity contribution in [3.05, 3.63) is 105 Å². The normalized spacial score (nSPS) is 15.9. The fourth-order valence-corrected chi connectivity index (χ4v) is 7.60. The third-order valence-corrected chi connectivity index (χ3v) is 10.9. The molecule has 1 aliphatic carbocycles. The molecule has 19 heteroatoms. The molecule has 2 unspecified atom stereocenters. The van der Waals surface area contributed by atoms with Gasteiger partial charge in [-0.15, -0.1) is 0 Å². The summed E-state index contributed by atoms with van der Waals surface area (Å²) in [6.45, 7) is 5.37. The van der Waals surface area contributed by atoms with Crippen molar-refractivity contribution in [2.75, 3.05) is 39.7 Å². The standard InChI is InChI=1S/C42H47FN4O13S/c1-24(48)28-20-34(57-5)35(22-33(28)47(53)54)58-18-16-44-41(52)31(23-61-60-59-55)45-37(49)9-7-6-8-17-46-32-15-12-26(43)19-30(32)42(2,3)36(46)21-29-39(50)38(40(29)51)25-10-13-27(56-4)14-11-25/h10-15,19-22,24,31,48H,6-9,16-18,23H2,1-5H3,(H3-,44,45,49,50,52,55)/p-1/b29-21-. The number of aliphatic hydroxyl groups excluding tert-OH is 1. The lowest BCUT2D eigenvalue weighted by molar-refractivity contribution is -0.777. The molecule has 1 heterocycles. The van der Waals surface area contributed by atoms with Crippen LogP contribution in [-0.4, -0.2) is 83.6 Å². The minimum absolute atomic E-state index is 0.00787. The van der Waals surface area contributed by atoms with Crippen molar-refractivity contribution in [3.63, 3.8) is 0 Å². The van der Waals surface area contributed by atoms with Crippen LogP contribution in [0.5, 0.6) is 17.2 Å². The van der Waals surface area contributed by atoms with Crippen molar-refractivity contribution < 1.29 is 67.3 Å². The van der Waals surface area contributed by atoms with E-state index < -0.39 is 40.1 Å². The van der Waals surface area contributed by atoms with E-state index in [1.807, 2.05) is 18.4 Å².